The molecule has 0 saturated heterocycles. The van der Waals surface area contributed by atoms with Crippen molar-refractivity contribution in [3.63, 3.8) is 0 Å². The van der Waals surface area contributed by atoms with Gasteiger partial charge in [-0.15, -0.1) is 0 Å². The molecule has 0 N–H and O–H groups in total. The van der Waals surface area contributed by atoms with Crippen LogP contribution in [-0.2, 0) is 17.4 Å². The molecule has 5 heteroatoms. The van der Waals surface area contributed by atoms with Gasteiger partial charge in [0.15, 0.2) is 5.78 Å². The van der Waals surface area contributed by atoms with Crippen LogP contribution in [0.4, 0.5) is 4.39 Å². The maximum atomic E-state index is 13.9. The fourth-order valence-corrected chi connectivity index (χ4v) is 5.49. The maximum Gasteiger partial charge on any atom is 0.164 e. The first-order valence-corrected chi connectivity index (χ1v) is 11.6. The Hall–Kier alpha value is -2.50. The minimum Gasteiger partial charge on any atom is -0.319 e. The van der Waals surface area contributed by atoms with Gasteiger partial charge in [0.1, 0.15) is 13.0 Å². The first-order valence-electron chi connectivity index (χ1n) is 8.99. The molecule has 3 nitrogen and oxygen atoms in total. The van der Waals surface area contributed by atoms with E-state index in [1.165, 1.54) is 12.1 Å². The van der Waals surface area contributed by atoms with Crippen LogP contribution in [0, 0.1) is 17.1 Å². The molecule has 2 aliphatic carbocycles. The fourth-order valence-electron chi connectivity index (χ4n) is 4.26. The highest BCUT2D eigenvalue weighted by molar-refractivity contribution is 7.70. The van der Waals surface area contributed by atoms with Crippen molar-refractivity contribution >= 4 is 23.8 Å². The van der Waals surface area contributed by atoms with Crippen LogP contribution in [0.3, 0.4) is 0 Å². The second kappa shape index (κ2) is 6.29. The van der Waals surface area contributed by atoms with Crippen molar-refractivity contribution in [1.82, 2.24) is 0 Å². The van der Waals surface area contributed by atoms with Crippen molar-refractivity contribution in [2.24, 2.45) is 0 Å². The zero-order chi connectivity index (χ0) is 19.3. The number of nitrogens with zero attached hydrogens (tertiary/aromatic N) is 1. The average molecular weight is 379 g/mol. The Morgan fingerprint density at radius 3 is 2.59 bits per heavy atom. The number of carbonyl (C=O) groups excluding carboxylic acids is 1. The molecule has 0 saturated carbocycles. The SMILES string of the molecule is CP(C)(=O)c1ccc(C2=CCCc3cc(F)cc(C#N)c32)c2c1C(=O)CC2. The highest BCUT2D eigenvalue weighted by Crippen LogP contribution is 2.43. The zero-order valence-corrected chi connectivity index (χ0v) is 16.2. The molecule has 2 aromatic rings. The molecule has 2 aliphatic rings. The van der Waals surface area contributed by atoms with Gasteiger partial charge in [-0.1, -0.05) is 18.2 Å². The van der Waals surface area contributed by atoms with Gasteiger partial charge in [-0.2, -0.15) is 5.26 Å². The summed E-state index contributed by atoms with van der Waals surface area (Å²) in [5.41, 5.74) is 5.18. The number of halogens is 1. The highest BCUT2D eigenvalue weighted by Gasteiger charge is 2.32. The topological polar surface area (TPSA) is 57.9 Å². The molecule has 136 valence electrons. The van der Waals surface area contributed by atoms with Crippen LogP contribution in [0.2, 0.25) is 0 Å². The van der Waals surface area contributed by atoms with Crippen molar-refractivity contribution in [3.8, 4) is 6.07 Å². The molecule has 0 aliphatic heterocycles. The fraction of sp³-hybridized carbons (Fsp3) is 0.273. The van der Waals surface area contributed by atoms with Gasteiger partial charge in [-0.25, -0.2) is 4.39 Å². The number of ketones is 1. The number of Topliss-reactive ketones (excluding diaryl/α,β-unsaturated/α-hetero) is 1. The lowest BCUT2D eigenvalue weighted by Gasteiger charge is -2.23. The number of carbonyl (C=O) groups is 1. The molecule has 0 spiro atoms. The van der Waals surface area contributed by atoms with Crippen LogP contribution in [0.1, 0.15) is 51.0 Å². The molecular formula is C22H19FNO2P. The monoisotopic (exact) mass is 379 g/mol. The largest absolute Gasteiger partial charge is 0.319 e. The Morgan fingerprint density at radius 2 is 1.89 bits per heavy atom. The van der Waals surface area contributed by atoms with Gasteiger partial charge in [-0.3, -0.25) is 4.79 Å². The van der Waals surface area contributed by atoms with Gasteiger partial charge >= 0.3 is 0 Å². The lowest BCUT2D eigenvalue weighted by molar-refractivity contribution is 0.0995. The molecule has 4 rings (SSSR count). The normalized spacial score (nSPS) is 15.8. The lowest BCUT2D eigenvalue weighted by atomic mass is 9.82. The van der Waals surface area contributed by atoms with Crippen LogP contribution < -0.4 is 5.30 Å². The van der Waals surface area contributed by atoms with Crippen LogP contribution in [-0.4, -0.2) is 19.1 Å². The minimum absolute atomic E-state index is 0.0296. The summed E-state index contributed by atoms with van der Waals surface area (Å²) in [6.07, 6.45) is 4.52. The van der Waals surface area contributed by atoms with Gasteiger partial charge in [0.2, 0.25) is 0 Å². The third kappa shape index (κ3) is 2.87. The molecule has 0 bridgehead atoms. The molecule has 0 aromatic heterocycles. The summed E-state index contributed by atoms with van der Waals surface area (Å²) < 4.78 is 26.6. The summed E-state index contributed by atoms with van der Waals surface area (Å²) >= 11 is 0. The molecule has 0 fully saturated rings. The van der Waals surface area contributed by atoms with Crippen molar-refractivity contribution < 1.29 is 13.8 Å². The van der Waals surface area contributed by atoms with Gasteiger partial charge in [-0.05, 0) is 67.0 Å². The minimum atomic E-state index is -2.59. The number of benzene rings is 2. The summed E-state index contributed by atoms with van der Waals surface area (Å²) in [6, 6.07) is 8.59. The van der Waals surface area contributed by atoms with Gasteiger partial charge < -0.3 is 4.57 Å². The van der Waals surface area contributed by atoms with Crippen LogP contribution in [0.25, 0.3) is 5.57 Å². The number of aryl methyl sites for hydroxylation is 1. The van der Waals surface area contributed by atoms with E-state index in [0.717, 1.165) is 34.2 Å². The number of fused-ring (bicyclic) bond motifs is 2. The number of allylic oxidation sites excluding steroid dienone is 1. The third-order valence-electron chi connectivity index (χ3n) is 5.38. The summed E-state index contributed by atoms with van der Waals surface area (Å²) in [6.45, 7) is 3.36. The van der Waals surface area contributed by atoms with E-state index in [-0.39, 0.29) is 5.78 Å². The first-order chi connectivity index (χ1) is 12.8. The third-order valence-corrected chi connectivity index (χ3v) is 6.91. The smallest absolute Gasteiger partial charge is 0.164 e. The zero-order valence-electron chi connectivity index (χ0n) is 15.3. The number of hydrogen-bond donors (Lipinski definition) is 0. The lowest BCUT2D eigenvalue weighted by Crippen LogP contribution is -2.16. The predicted molar refractivity (Wildman–Crippen MR) is 105 cm³/mol. The number of rotatable bonds is 2. The Balaban J connectivity index is 1.99. The standard InChI is InChI=1S/C22H19FNO2P/c1-27(2,26)20-9-7-16(18-6-8-19(25)22(18)20)17-5-3-4-13-10-15(23)11-14(12-24)21(13)17/h5,7,9-11H,3-4,6,8H2,1-2H3. The van der Waals surface area contributed by atoms with Gasteiger partial charge in [0, 0.05) is 22.9 Å². The van der Waals surface area contributed by atoms with Crippen molar-refractivity contribution in [2.75, 3.05) is 13.3 Å². The molecule has 0 atom stereocenters. The Labute approximate surface area is 157 Å². The second-order valence-corrected chi connectivity index (χ2v) is 10.7. The molecule has 0 amide bonds. The van der Waals surface area contributed by atoms with Crippen molar-refractivity contribution in [3.05, 3.63) is 69.5 Å². The van der Waals surface area contributed by atoms with Crippen molar-refractivity contribution in [2.45, 2.75) is 25.7 Å². The Morgan fingerprint density at radius 1 is 1.11 bits per heavy atom. The van der Waals surface area contributed by atoms with Gasteiger partial charge in [0.25, 0.3) is 0 Å². The quantitative estimate of drug-likeness (QED) is 0.725. The van der Waals surface area contributed by atoms with Crippen molar-refractivity contribution in [1.29, 1.82) is 5.26 Å². The molecule has 0 unspecified atom stereocenters. The van der Waals surface area contributed by atoms with E-state index in [4.69, 9.17) is 0 Å². The molecule has 0 radical (unpaired) electrons. The predicted octanol–water partition coefficient (Wildman–Crippen LogP) is 4.45. The molecular weight excluding hydrogens is 360 g/mol. The summed E-state index contributed by atoms with van der Waals surface area (Å²) in [7, 11) is -2.59. The maximum absolute atomic E-state index is 13.9. The van der Waals surface area contributed by atoms with Crippen LogP contribution in [0.5, 0.6) is 0 Å². The van der Waals surface area contributed by atoms with E-state index < -0.39 is 13.0 Å². The van der Waals surface area contributed by atoms with Crippen LogP contribution >= 0.6 is 7.14 Å². The van der Waals surface area contributed by atoms with E-state index >= 15 is 0 Å². The first kappa shape index (κ1) is 17.9. The van der Waals surface area contributed by atoms with Crippen LogP contribution in [0.15, 0.2) is 30.3 Å². The van der Waals surface area contributed by atoms with E-state index in [1.54, 1.807) is 19.4 Å². The summed E-state index contributed by atoms with van der Waals surface area (Å²) in [4.78, 5) is 12.5. The summed E-state index contributed by atoms with van der Waals surface area (Å²) in [5.74, 6) is -0.373. The Kier molecular flexibility index (Phi) is 4.17. The second-order valence-electron chi connectivity index (χ2n) is 7.52. The van der Waals surface area contributed by atoms with Gasteiger partial charge in [0.05, 0.1) is 11.6 Å². The average Bonchev–Trinajstić information content (AvgIpc) is 3.00. The Bertz CT molecular complexity index is 1120. The highest BCUT2D eigenvalue weighted by atomic mass is 31.2. The van der Waals surface area contributed by atoms with E-state index in [9.17, 15) is 19.0 Å². The number of hydrogen-bond acceptors (Lipinski definition) is 3. The van der Waals surface area contributed by atoms with E-state index in [0.29, 0.717) is 35.7 Å². The number of nitriles is 1. The van der Waals surface area contributed by atoms with E-state index in [2.05, 4.69) is 12.1 Å². The molecule has 27 heavy (non-hydrogen) atoms. The van der Waals surface area contributed by atoms with E-state index in [1.807, 2.05) is 6.07 Å². The molecule has 2 aromatic carbocycles. The summed E-state index contributed by atoms with van der Waals surface area (Å²) in [5, 5.41) is 10.2. The molecule has 0 heterocycles.